The summed E-state index contributed by atoms with van der Waals surface area (Å²) in [5.41, 5.74) is 0.336. The second-order valence-corrected chi connectivity index (χ2v) is 3.05. The summed E-state index contributed by atoms with van der Waals surface area (Å²) < 4.78 is 0. The lowest BCUT2D eigenvalue weighted by Gasteiger charge is -2.03. The van der Waals surface area contributed by atoms with Crippen molar-refractivity contribution in [1.82, 2.24) is 15.0 Å². The summed E-state index contributed by atoms with van der Waals surface area (Å²) in [5, 5.41) is 5.46. The van der Waals surface area contributed by atoms with Gasteiger partial charge in [0.1, 0.15) is 11.5 Å². The minimum absolute atomic E-state index is 0.299. The topological polar surface area (TPSA) is 82.7 Å². The molecular formula is C10H11N5O. The molecule has 82 valence electrons. The van der Waals surface area contributed by atoms with Gasteiger partial charge in [0.15, 0.2) is 0 Å². The van der Waals surface area contributed by atoms with E-state index in [1.807, 2.05) is 0 Å². The van der Waals surface area contributed by atoms with E-state index in [2.05, 4.69) is 25.6 Å². The Morgan fingerprint density at radius 3 is 3.00 bits per heavy atom. The summed E-state index contributed by atoms with van der Waals surface area (Å²) in [6.07, 6.45) is 3.19. The summed E-state index contributed by atoms with van der Waals surface area (Å²) in [6, 6.07) is 5.18. The molecule has 0 aromatic carbocycles. The molecule has 0 aliphatic heterocycles. The van der Waals surface area contributed by atoms with E-state index in [0.29, 0.717) is 17.5 Å². The summed E-state index contributed by atoms with van der Waals surface area (Å²) in [5.74, 6) is 0.751. The van der Waals surface area contributed by atoms with Crippen LogP contribution in [0.2, 0.25) is 0 Å². The Balaban J connectivity index is 2.14. The lowest BCUT2D eigenvalue weighted by atomic mass is 10.3. The van der Waals surface area contributed by atoms with E-state index in [9.17, 15) is 4.79 Å². The van der Waals surface area contributed by atoms with Crippen molar-refractivity contribution in [1.29, 1.82) is 0 Å². The smallest absolute Gasteiger partial charge is 0.276 e. The number of aromatic nitrogens is 3. The zero-order valence-electron chi connectivity index (χ0n) is 8.69. The van der Waals surface area contributed by atoms with Crippen molar-refractivity contribution in [3.05, 3.63) is 36.3 Å². The predicted molar refractivity (Wildman–Crippen MR) is 60.3 cm³/mol. The molecule has 0 saturated carbocycles. The second kappa shape index (κ2) is 4.43. The Kier molecular flexibility index (Phi) is 2.81. The van der Waals surface area contributed by atoms with Crippen LogP contribution in [-0.2, 0) is 0 Å². The summed E-state index contributed by atoms with van der Waals surface area (Å²) in [7, 11) is 1.75. The number of carbonyl (C=O) groups is 1. The lowest BCUT2D eigenvalue weighted by Crippen LogP contribution is -2.15. The highest BCUT2D eigenvalue weighted by Crippen LogP contribution is 2.05. The van der Waals surface area contributed by atoms with Gasteiger partial charge in [0.05, 0.1) is 0 Å². The van der Waals surface area contributed by atoms with Gasteiger partial charge in [-0.15, -0.1) is 0 Å². The molecule has 0 atom stereocenters. The fourth-order valence-electron chi connectivity index (χ4n) is 1.21. The van der Waals surface area contributed by atoms with E-state index in [1.165, 1.54) is 0 Å². The Morgan fingerprint density at radius 1 is 1.44 bits per heavy atom. The quantitative estimate of drug-likeness (QED) is 0.719. The first-order valence-corrected chi connectivity index (χ1v) is 4.75. The van der Waals surface area contributed by atoms with E-state index in [4.69, 9.17) is 0 Å². The van der Waals surface area contributed by atoms with Crippen LogP contribution in [0.3, 0.4) is 0 Å². The number of H-pyrrole nitrogens is 1. The maximum Gasteiger partial charge on any atom is 0.276 e. The monoisotopic (exact) mass is 217 g/mol. The van der Waals surface area contributed by atoms with Crippen LogP contribution in [0.15, 0.2) is 30.6 Å². The van der Waals surface area contributed by atoms with E-state index in [-0.39, 0.29) is 5.91 Å². The molecule has 2 heterocycles. The van der Waals surface area contributed by atoms with Gasteiger partial charge in [-0.2, -0.15) is 0 Å². The number of carbonyl (C=O) groups excluding carboxylic acids is 1. The molecule has 0 bridgehead atoms. The second-order valence-electron chi connectivity index (χ2n) is 3.05. The van der Waals surface area contributed by atoms with Gasteiger partial charge in [0, 0.05) is 19.4 Å². The third kappa shape index (κ3) is 2.17. The zero-order valence-corrected chi connectivity index (χ0v) is 8.69. The van der Waals surface area contributed by atoms with Crippen molar-refractivity contribution in [2.75, 3.05) is 17.7 Å². The molecule has 0 aliphatic rings. The minimum Gasteiger partial charge on any atom is -0.373 e. The molecule has 6 nitrogen and oxygen atoms in total. The largest absolute Gasteiger partial charge is 0.373 e. The molecule has 1 amide bonds. The average molecular weight is 217 g/mol. The van der Waals surface area contributed by atoms with Gasteiger partial charge in [0.2, 0.25) is 5.95 Å². The van der Waals surface area contributed by atoms with E-state index in [1.54, 1.807) is 37.6 Å². The van der Waals surface area contributed by atoms with Crippen molar-refractivity contribution >= 4 is 17.7 Å². The molecule has 2 aromatic heterocycles. The van der Waals surface area contributed by atoms with Crippen LogP contribution >= 0.6 is 0 Å². The highest BCUT2D eigenvalue weighted by molar-refractivity contribution is 6.02. The maximum atomic E-state index is 11.7. The third-order valence-electron chi connectivity index (χ3n) is 1.97. The van der Waals surface area contributed by atoms with Crippen molar-refractivity contribution < 1.29 is 4.79 Å². The number of rotatable bonds is 3. The average Bonchev–Trinajstić information content (AvgIpc) is 2.82. The number of anilines is 2. The molecule has 0 unspecified atom stereocenters. The van der Waals surface area contributed by atoms with Crippen LogP contribution in [0.4, 0.5) is 11.8 Å². The standard InChI is InChI=1S/C10H11N5O/c1-11-8-4-2-3-7(14-8)9(16)15-10-12-5-6-13-10/h2-6H,1H3,(H,11,14)(H2,12,13,15,16). The van der Waals surface area contributed by atoms with Crippen molar-refractivity contribution in [2.45, 2.75) is 0 Å². The van der Waals surface area contributed by atoms with Crippen molar-refractivity contribution in [3.63, 3.8) is 0 Å². The van der Waals surface area contributed by atoms with Gasteiger partial charge in [-0.1, -0.05) is 6.07 Å². The number of imidazole rings is 1. The van der Waals surface area contributed by atoms with Gasteiger partial charge in [-0.3, -0.25) is 10.1 Å². The van der Waals surface area contributed by atoms with E-state index < -0.39 is 0 Å². The minimum atomic E-state index is -0.299. The number of pyridine rings is 1. The first kappa shape index (κ1) is 10.2. The molecule has 0 saturated heterocycles. The van der Waals surface area contributed by atoms with Crippen LogP contribution in [-0.4, -0.2) is 27.9 Å². The fourth-order valence-corrected chi connectivity index (χ4v) is 1.21. The number of hydrogen-bond donors (Lipinski definition) is 3. The zero-order chi connectivity index (χ0) is 11.4. The van der Waals surface area contributed by atoms with Gasteiger partial charge in [-0.25, -0.2) is 9.97 Å². The summed E-state index contributed by atoms with van der Waals surface area (Å²) in [6.45, 7) is 0. The lowest BCUT2D eigenvalue weighted by molar-refractivity contribution is 0.102. The summed E-state index contributed by atoms with van der Waals surface area (Å²) in [4.78, 5) is 22.5. The normalized spacial score (nSPS) is 9.81. The number of amides is 1. The number of nitrogens with one attached hydrogen (secondary N) is 3. The van der Waals surface area contributed by atoms with E-state index in [0.717, 1.165) is 0 Å². The van der Waals surface area contributed by atoms with Gasteiger partial charge in [0.25, 0.3) is 5.91 Å². The van der Waals surface area contributed by atoms with Crippen molar-refractivity contribution in [3.8, 4) is 0 Å². The molecule has 0 radical (unpaired) electrons. The molecule has 16 heavy (non-hydrogen) atoms. The number of hydrogen-bond acceptors (Lipinski definition) is 4. The summed E-state index contributed by atoms with van der Waals surface area (Å²) >= 11 is 0. The van der Waals surface area contributed by atoms with Crippen molar-refractivity contribution in [2.24, 2.45) is 0 Å². The molecule has 0 fully saturated rings. The van der Waals surface area contributed by atoms with Crippen LogP contribution in [0.5, 0.6) is 0 Å². The molecule has 2 rings (SSSR count). The molecule has 6 heteroatoms. The van der Waals surface area contributed by atoms with Crippen LogP contribution in [0.1, 0.15) is 10.5 Å². The Morgan fingerprint density at radius 2 is 2.31 bits per heavy atom. The first-order chi connectivity index (χ1) is 7.79. The SMILES string of the molecule is CNc1cccc(C(=O)Nc2ncc[nH]2)n1. The fraction of sp³-hybridized carbons (Fsp3) is 0.100. The van der Waals surface area contributed by atoms with Crippen LogP contribution in [0, 0.1) is 0 Å². The molecule has 2 aromatic rings. The van der Waals surface area contributed by atoms with Crippen LogP contribution < -0.4 is 10.6 Å². The van der Waals surface area contributed by atoms with E-state index >= 15 is 0 Å². The Labute approximate surface area is 92.1 Å². The van der Waals surface area contributed by atoms with Crippen LogP contribution in [0.25, 0.3) is 0 Å². The highest BCUT2D eigenvalue weighted by atomic mass is 16.2. The molecule has 0 aliphatic carbocycles. The Hall–Kier alpha value is -2.37. The van der Waals surface area contributed by atoms with Gasteiger partial charge >= 0.3 is 0 Å². The maximum absolute atomic E-state index is 11.7. The van der Waals surface area contributed by atoms with Gasteiger partial charge < -0.3 is 10.3 Å². The number of aromatic amines is 1. The highest BCUT2D eigenvalue weighted by Gasteiger charge is 2.08. The predicted octanol–water partition coefficient (Wildman–Crippen LogP) is 1.10. The molecule has 3 N–H and O–H groups in total. The molecule has 0 spiro atoms. The molecular weight excluding hydrogens is 206 g/mol. The van der Waals surface area contributed by atoms with Gasteiger partial charge in [-0.05, 0) is 12.1 Å². The Bertz CT molecular complexity index is 480. The first-order valence-electron chi connectivity index (χ1n) is 4.75. The third-order valence-corrected chi connectivity index (χ3v) is 1.97. The number of nitrogens with zero attached hydrogens (tertiary/aromatic N) is 2.